The minimum absolute atomic E-state index is 0.193. The summed E-state index contributed by atoms with van der Waals surface area (Å²) in [6.07, 6.45) is 0.855. The van der Waals surface area contributed by atoms with Crippen molar-refractivity contribution in [1.29, 1.82) is 0 Å². The summed E-state index contributed by atoms with van der Waals surface area (Å²) in [6, 6.07) is 3.76. The Morgan fingerprint density at radius 3 is 2.12 bits per heavy atom. The van der Waals surface area contributed by atoms with Crippen LogP contribution in [0.2, 0.25) is 0 Å². The van der Waals surface area contributed by atoms with Crippen LogP contribution in [0.15, 0.2) is 12.1 Å². The SMILES string of the molecule is CCc1cc(OC)c(COC(C)=O)cc1OC. The quantitative estimate of drug-likeness (QED) is 0.738. The first-order chi connectivity index (χ1) is 8.12. The summed E-state index contributed by atoms with van der Waals surface area (Å²) in [6.45, 7) is 3.62. The predicted octanol–water partition coefficient (Wildman–Crippen LogP) is 2.33. The van der Waals surface area contributed by atoms with Gasteiger partial charge in [-0.25, -0.2) is 0 Å². The fourth-order valence-corrected chi connectivity index (χ4v) is 1.59. The van der Waals surface area contributed by atoms with Crippen LogP contribution in [0.1, 0.15) is 25.0 Å². The van der Waals surface area contributed by atoms with E-state index in [9.17, 15) is 4.79 Å². The van der Waals surface area contributed by atoms with E-state index in [1.54, 1.807) is 14.2 Å². The van der Waals surface area contributed by atoms with E-state index in [0.717, 1.165) is 23.3 Å². The van der Waals surface area contributed by atoms with Gasteiger partial charge in [-0.05, 0) is 24.1 Å². The molecule has 0 aliphatic carbocycles. The minimum Gasteiger partial charge on any atom is -0.496 e. The molecule has 0 saturated heterocycles. The zero-order valence-corrected chi connectivity index (χ0v) is 10.7. The molecule has 0 radical (unpaired) electrons. The second kappa shape index (κ2) is 6.13. The first kappa shape index (κ1) is 13.4. The van der Waals surface area contributed by atoms with Gasteiger partial charge in [0.2, 0.25) is 0 Å². The Hall–Kier alpha value is -1.71. The molecule has 0 aliphatic heterocycles. The Bertz CT molecular complexity index is 399. The van der Waals surface area contributed by atoms with Gasteiger partial charge >= 0.3 is 5.97 Å². The number of methoxy groups -OCH3 is 2. The Morgan fingerprint density at radius 1 is 1.12 bits per heavy atom. The van der Waals surface area contributed by atoms with E-state index in [1.165, 1.54) is 6.92 Å². The van der Waals surface area contributed by atoms with Crippen molar-refractivity contribution in [2.24, 2.45) is 0 Å². The number of benzene rings is 1. The highest BCUT2D eigenvalue weighted by atomic mass is 16.5. The van der Waals surface area contributed by atoms with Gasteiger partial charge in [-0.2, -0.15) is 0 Å². The van der Waals surface area contributed by atoms with Gasteiger partial charge in [0.25, 0.3) is 0 Å². The first-order valence-electron chi connectivity index (χ1n) is 5.49. The first-order valence-corrected chi connectivity index (χ1v) is 5.49. The van der Waals surface area contributed by atoms with Gasteiger partial charge < -0.3 is 14.2 Å². The van der Waals surface area contributed by atoms with Gasteiger partial charge in [0, 0.05) is 12.5 Å². The van der Waals surface area contributed by atoms with Crippen molar-refractivity contribution in [2.45, 2.75) is 26.9 Å². The third-order valence-electron chi connectivity index (χ3n) is 2.50. The molecule has 0 unspecified atom stereocenters. The second-order valence-corrected chi connectivity index (χ2v) is 3.61. The third-order valence-corrected chi connectivity index (χ3v) is 2.50. The highest BCUT2D eigenvalue weighted by Gasteiger charge is 2.11. The van der Waals surface area contributed by atoms with Crippen LogP contribution >= 0.6 is 0 Å². The van der Waals surface area contributed by atoms with Crippen LogP contribution in [0, 0.1) is 0 Å². The summed E-state index contributed by atoms with van der Waals surface area (Å²) in [7, 11) is 3.22. The van der Waals surface area contributed by atoms with Crippen molar-refractivity contribution < 1.29 is 19.0 Å². The predicted molar refractivity (Wildman–Crippen MR) is 64.4 cm³/mol. The normalized spacial score (nSPS) is 9.88. The molecule has 0 fully saturated rings. The van der Waals surface area contributed by atoms with Gasteiger partial charge in [0.1, 0.15) is 18.1 Å². The van der Waals surface area contributed by atoms with E-state index in [2.05, 4.69) is 0 Å². The number of hydrogen-bond donors (Lipinski definition) is 0. The largest absolute Gasteiger partial charge is 0.496 e. The Morgan fingerprint density at radius 2 is 1.65 bits per heavy atom. The zero-order chi connectivity index (χ0) is 12.8. The van der Waals surface area contributed by atoms with Crippen LogP contribution in [0.4, 0.5) is 0 Å². The molecule has 1 aromatic rings. The lowest BCUT2D eigenvalue weighted by atomic mass is 10.1. The van der Waals surface area contributed by atoms with Crippen molar-refractivity contribution in [3.05, 3.63) is 23.3 Å². The number of carbonyl (C=O) groups excluding carboxylic acids is 1. The lowest BCUT2D eigenvalue weighted by Gasteiger charge is -2.13. The fraction of sp³-hybridized carbons (Fsp3) is 0.462. The summed E-state index contributed by atoms with van der Waals surface area (Å²) >= 11 is 0. The number of ether oxygens (including phenoxy) is 3. The molecule has 0 aliphatic rings. The van der Waals surface area contributed by atoms with E-state index in [-0.39, 0.29) is 12.6 Å². The van der Waals surface area contributed by atoms with E-state index in [1.807, 2.05) is 19.1 Å². The molecule has 0 aromatic heterocycles. The van der Waals surface area contributed by atoms with Crippen molar-refractivity contribution in [3.63, 3.8) is 0 Å². The van der Waals surface area contributed by atoms with Gasteiger partial charge in [0.15, 0.2) is 0 Å². The fourth-order valence-electron chi connectivity index (χ4n) is 1.59. The molecule has 0 spiro atoms. The maximum Gasteiger partial charge on any atom is 0.302 e. The van der Waals surface area contributed by atoms with Gasteiger partial charge in [0.05, 0.1) is 14.2 Å². The highest BCUT2D eigenvalue weighted by Crippen LogP contribution is 2.29. The maximum absolute atomic E-state index is 10.8. The van der Waals surface area contributed by atoms with Gasteiger partial charge in [-0.1, -0.05) is 6.92 Å². The summed E-state index contributed by atoms with van der Waals surface area (Å²) in [4.78, 5) is 10.8. The molecule has 0 atom stereocenters. The highest BCUT2D eigenvalue weighted by molar-refractivity contribution is 5.66. The standard InChI is InChI=1S/C13H18O4/c1-5-10-6-13(16-4)11(7-12(10)15-3)8-17-9(2)14/h6-7H,5,8H2,1-4H3. The molecular weight excluding hydrogens is 220 g/mol. The number of aryl methyl sites for hydroxylation is 1. The van der Waals surface area contributed by atoms with Crippen LogP contribution in [0.25, 0.3) is 0 Å². The Balaban J connectivity index is 3.05. The Kier molecular flexibility index (Phi) is 4.82. The van der Waals surface area contributed by atoms with Crippen LogP contribution < -0.4 is 9.47 Å². The topological polar surface area (TPSA) is 44.8 Å². The van der Waals surface area contributed by atoms with Crippen molar-refractivity contribution in [1.82, 2.24) is 0 Å². The van der Waals surface area contributed by atoms with Crippen LogP contribution in [0.3, 0.4) is 0 Å². The Labute approximate surface area is 101 Å². The smallest absolute Gasteiger partial charge is 0.302 e. The van der Waals surface area contributed by atoms with Crippen molar-refractivity contribution in [2.75, 3.05) is 14.2 Å². The molecule has 1 rings (SSSR count). The molecular formula is C13H18O4. The number of rotatable bonds is 5. The molecule has 1 aromatic carbocycles. The molecule has 4 nitrogen and oxygen atoms in total. The summed E-state index contributed by atoms with van der Waals surface area (Å²) in [5.41, 5.74) is 1.87. The zero-order valence-electron chi connectivity index (χ0n) is 10.7. The van der Waals surface area contributed by atoms with Crippen LogP contribution in [0.5, 0.6) is 11.5 Å². The molecule has 17 heavy (non-hydrogen) atoms. The van der Waals surface area contributed by atoms with E-state index >= 15 is 0 Å². The average Bonchev–Trinajstić information content (AvgIpc) is 2.34. The van der Waals surface area contributed by atoms with E-state index in [0.29, 0.717) is 5.75 Å². The van der Waals surface area contributed by atoms with Crippen LogP contribution in [-0.4, -0.2) is 20.2 Å². The van der Waals surface area contributed by atoms with Crippen molar-refractivity contribution >= 4 is 5.97 Å². The molecule has 0 amide bonds. The van der Waals surface area contributed by atoms with Crippen molar-refractivity contribution in [3.8, 4) is 11.5 Å². The summed E-state index contributed by atoms with van der Waals surface area (Å²) in [5, 5.41) is 0. The summed E-state index contributed by atoms with van der Waals surface area (Å²) in [5.74, 6) is 1.19. The molecule has 0 N–H and O–H groups in total. The van der Waals surface area contributed by atoms with E-state index < -0.39 is 0 Å². The molecule has 0 saturated carbocycles. The second-order valence-electron chi connectivity index (χ2n) is 3.61. The van der Waals surface area contributed by atoms with Gasteiger partial charge in [-0.3, -0.25) is 4.79 Å². The lowest BCUT2D eigenvalue weighted by molar-refractivity contribution is -0.142. The molecule has 4 heteroatoms. The van der Waals surface area contributed by atoms with Crippen LogP contribution in [-0.2, 0) is 22.6 Å². The molecule has 0 heterocycles. The number of carbonyl (C=O) groups is 1. The van der Waals surface area contributed by atoms with E-state index in [4.69, 9.17) is 14.2 Å². The number of hydrogen-bond acceptors (Lipinski definition) is 4. The monoisotopic (exact) mass is 238 g/mol. The molecule has 0 bridgehead atoms. The average molecular weight is 238 g/mol. The summed E-state index contributed by atoms with van der Waals surface area (Å²) < 4.78 is 15.5. The number of esters is 1. The molecule has 94 valence electrons. The maximum atomic E-state index is 10.8. The van der Waals surface area contributed by atoms with Gasteiger partial charge in [-0.15, -0.1) is 0 Å². The lowest BCUT2D eigenvalue weighted by Crippen LogP contribution is -2.02. The third kappa shape index (κ3) is 3.37. The minimum atomic E-state index is -0.314.